The van der Waals surface area contributed by atoms with E-state index in [1.54, 1.807) is 71.9 Å². The summed E-state index contributed by atoms with van der Waals surface area (Å²) in [5, 5.41) is 14.6. The number of nitrogens with one attached hydrogen (secondary N) is 2. The van der Waals surface area contributed by atoms with E-state index in [4.69, 9.17) is 34.2 Å². The maximum Gasteiger partial charge on any atom is 0.408 e. The van der Waals surface area contributed by atoms with Gasteiger partial charge in [0.25, 0.3) is 0 Å². The largest absolute Gasteiger partial charge is 0.485 e. The molecule has 0 saturated carbocycles. The predicted molar refractivity (Wildman–Crippen MR) is 267 cm³/mol. The Morgan fingerprint density at radius 3 is 1.04 bits per heavy atom. The first-order valence-corrected chi connectivity index (χ1v) is 22.8. The summed E-state index contributed by atoms with van der Waals surface area (Å²) in [4.78, 5) is 48.1. The molecule has 0 aromatic heterocycles. The second kappa shape index (κ2) is 25.9. The molecule has 14 nitrogen and oxygen atoms in total. The van der Waals surface area contributed by atoms with Gasteiger partial charge >= 0.3 is 18.2 Å². The first-order valence-electron chi connectivity index (χ1n) is 22.8. The van der Waals surface area contributed by atoms with E-state index in [1.165, 1.54) is 0 Å². The van der Waals surface area contributed by atoms with Crippen molar-refractivity contribution in [2.45, 2.75) is 104 Å². The number of hydrogen-bond acceptors (Lipinski definition) is 10. The van der Waals surface area contributed by atoms with E-state index < -0.39 is 47.3 Å². The number of carbonyl (C=O) groups is 4. The molecule has 6 aromatic rings. The molecule has 14 heteroatoms. The van der Waals surface area contributed by atoms with Crippen LogP contribution in [0.15, 0.2) is 158 Å². The van der Waals surface area contributed by atoms with Crippen LogP contribution in [0.1, 0.15) is 74.9 Å². The highest BCUT2D eigenvalue weighted by atomic mass is 16.6. The first-order chi connectivity index (χ1) is 33.4. The SMILES string of the molecule is CC(C)(C)OC(=O)N[C@@H](Cc1ccc(OCc2ccccc2)c(OCc2ccccc2)c1)C(=O)O.CC(C)(C)OC(=O)N[C@@H](Cc1ccc(OCc2ccccc2)c(OCc2ccccc2)c1)C(N)=O. The van der Waals surface area contributed by atoms with Crippen LogP contribution in [-0.4, -0.2) is 52.5 Å². The minimum absolute atomic E-state index is 0.0508. The van der Waals surface area contributed by atoms with E-state index in [0.717, 1.165) is 27.8 Å². The summed E-state index contributed by atoms with van der Waals surface area (Å²) in [5.41, 5.74) is 9.58. The molecule has 0 saturated heterocycles. The minimum atomic E-state index is -1.16. The third-order valence-corrected chi connectivity index (χ3v) is 9.87. The normalized spacial score (nSPS) is 11.9. The molecule has 2 atom stereocenters. The minimum Gasteiger partial charge on any atom is -0.485 e. The van der Waals surface area contributed by atoms with E-state index in [-0.39, 0.29) is 12.8 Å². The van der Waals surface area contributed by atoms with Crippen molar-refractivity contribution in [3.63, 3.8) is 0 Å². The molecule has 6 aromatic carbocycles. The van der Waals surface area contributed by atoms with Gasteiger partial charge in [-0.3, -0.25) is 4.79 Å². The van der Waals surface area contributed by atoms with Gasteiger partial charge in [0.2, 0.25) is 5.91 Å². The molecule has 0 radical (unpaired) electrons. The summed E-state index contributed by atoms with van der Waals surface area (Å²) in [7, 11) is 0. The van der Waals surface area contributed by atoms with Gasteiger partial charge in [0.05, 0.1) is 0 Å². The highest BCUT2D eigenvalue weighted by molar-refractivity contribution is 5.84. The zero-order chi connectivity index (χ0) is 50.5. The first kappa shape index (κ1) is 53.0. The summed E-state index contributed by atoms with van der Waals surface area (Å²) in [5.74, 6) is 0.315. The molecular formula is C56H63N3O11. The Balaban J connectivity index is 0.000000261. The number of hydrogen-bond donors (Lipinski definition) is 4. The van der Waals surface area contributed by atoms with E-state index in [2.05, 4.69) is 10.6 Å². The van der Waals surface area contributed by atoms with E-state index in [1.807, 2.05) is 127 Å². The predicted octanol–water partition coefficient (Wildman–Crippen LogP) is 10.1. The number of primary amides is 1. The number of aliphatic carboxylic acids is 1. The molecule has 0 bridgehead atoms. The maximum absolute atomic E-state index is 12.2. The smallest absolute Gasteiger partial charge is 0.408 e. The van der Waals surface area contributed by atoms with Crippen molar-refractivity contribution in [3.8, 4) is 23.0 Å². The van der Waals surface area contributed by atoms with Crippen LogP contribution in [0.5, 0.6) is 23.0 Å². The third kappa shape index (κ3) is 19.3. The van der Waals surface area contributed by atoms with Crippen LogP contribution in [0.2, 0.25) is 0 Å². The molecule has 0 fully saturated rings. The number of nitrogens with two attached hydrogens (primary N) is 1. The fraction of sp³-hybridized carbons (Fsp3) is 0.286. The molecule has 0 heterocycles. The van der Waals surface area contributed by atoms with Crippen molar-refractivity contribution in [1.29, 1.82) is 0 Å². The van der Waals surface area contributed by atoms with Gasteiger partial charge in [-0.1, -0.05) is 133 Å². The number of carboxylic acids is 1. The van der Waals surface area contributed by atoms with E-state index in [9.17, 15) is 24.3 Å². The van der Waals surface area contributed by atoms with Crippen molar-refractivity contribution in [2.24, 2.45) is 5.73 Å². The summed E-state index contributed by atoms with van der Waals surface area (Å²) in [6.07, 6.45) is -1.26. The molecule has 0 aliphatic rings. The van der Waals surface area contributed by atoms with Gasteiger partial charge in [0.1, 0.15) is 49.7 Å². The highest BCUT2D eigenvalue weighted by Gasteiger charge is 2.26. The topological polar surface area (TPSA) is 194 Å². The van der Waals surface area contributed by atoms with Crippen molar-refractivity contribution >= 4 is 24.1 Å². The van der Waals surface area contributed by atoms with Crippen molar-refractivity contribution in [1.82, 2.24) is 10.6 Å². The average molecular weight is 954 g/mol. The van der Waals surface area contributed by atoms with Gasteiger partial charge in [-0.2, -0.15) is 0 Å². The lowest BCUT2D eigenvalue weighted by Crippen LogP contribution is -2.47. The Labute approximate surface area is 410 Å². The van der Waals surface area contributed by atoms with E-state index in [0.29, 0.717) is 55.0 Å². The fourth-order valence-electron chi connectivity index (χ4n) is 6.56. The molecule has 0 spiro atoms. The van der Waals surface area contributed by atoms with Crippen LogP contribution in [0.25, 0.3) is 0 Å². The van der Waals surface area contributed by atoms with Crippen molar-refractivity contribution in [2.75, 3.05) is 0 Å². The van der Waals surface area contributed by atoms with E-state index >= 15 is 0 Å². The van der Waals surface area contributed by atoms with Gasteiger partial charge in [-0.25, -0.2) is 14.4 Å². The van der Waals surface area contributed by atoms with Crippen LogP contribution in [0.3, 0.4) is 0 Å². The molecule has 0 aliphatic carbocycles. The molecule has 368 valence electrons. The van der Waals surface area contributed by atoms with Crippen LogP contribution < -0.4 is 35.3 Å². The molecule has 3 amide bonds. The van der Waals surface area contributed by atoms with Crippen LogP contribution >= 0.6 is 0 Å². The Hall–Kier alpha value is -8.00. The molecular weight excluding hydrogens is 891 g/mol. The lowest BCUT2D eigenvalue weighted by atomic mass is 10.0. The summed E-state index contributed by atoms with van der Waals surface area (Å²) < 4.78 is 34.6. The molecule has 70 heavy (non-hydrogen) atoms. The Morgan fingerprint density at radius 2 is 0.743 bits per heavy atom. The fourth-order valence-corrected chi connectivity index (χ4v) is 6.56. The number of amides is 3. The summed E-state index contributed by atoms with van der Waals surface area (Å²) >= 11 is 0. The second-order valence-corrected chi connectivity index (χ2v) is 18.2. The molecule has 0 unspecified atom stereocenters. The second-order valence-electron chi connectivity index (χ2n) is 18.2. The van der Waals surface area contributed by atoms with Gasteiger partial charge in [-0.15, -0.1) is 0 Å². The monoisotopic (exact) mass is 953 g/mol. The van der Waals surface area contributed by atoms with Gasteiger partial charge < -0.3 is 49.9 Å². The van der Waals surface area contributed by atoms with Gasteiger partial charge in [0, 0.05) is 12.8 Å². The van der Waals surface area contributed by atoms with Crippen molar-refractivity contribution < 1.29 is 52.7 Å². The highest BCUT2D eigenvalue weighted by Crippen LogP contribution is 2.32. The summed E-state index contributed by atoms with van der Waals surface area (Å²) in [6.45, 7) is 11.8. The zero-order valence-electron chi connectivity index (χ0n) is 40.5. The Bertz CT molecular complexity index is 2400. The zero-order valence-corrected chi connectivity index (χ0v) is 40.5. The lowest BCUT2D eigenvalue weighted by molar-refractivity contribution is -0.139. The third-order valence-electron chi connectivity index (χ3n) is 9.87. The number of carboxylic acid groups (broad SMARTS) is 1. The van der Waals surface area contributed by atoms with Crippen molar-refractivity contribution in [3.05, 3.63) is 191 Å². The maximum atomic E-state index is 12.2. The number of rotatable bonds is 20. The van der Waals surface area contributed by atoms with Crippen LogP contribution in [0, 0.1) is 0 Å². The number of alkyl carbamates (subject to hydrolysis) is 2. The number of ether oxygens (including phenoxy) is 6. The molecule has 5 N–H and O–H groups in total. The number of benzene rings is 6. The number of carbonyl (C=O) groups excluding carboxylic acids is 3. The lowest BCUT2D eigenvalue weighted by Gasteiger charge is -2.22. The molecule has 0 aliphatic heterocycles. The van der Waals surface area contributed by atoms with Crippen LogP contribution in [0.4, 0.5) is 9.59 Å². The quantitative estimate of drug-likeness (QED) is 0.0569. The van der Waals surface area contributed by atoms with Crippen LogP contribution in [-0.2, 0) is 58.3 Å². The summed E-state index contributed by atoms with van der Waals surface area (Å²) in [6, 6.07) is 47.7. The van der Waals surface area contributed by atoms with Gasteiger partial charge in [0.15, 0.2) is 23.0 Å². The Morgan fingerprint density at radius 1 is 0.443 bits per heavy atom. The average Bonchev–Trinajstić information content (AvgIpc) is 3.32. The molecule has 6 rings (SSSR count). The Kier molecular flexibility index (Phi) is 19.6. The standard InChI is InChI=1S/C28H32N2O5.C28H31NO6/c1-28(2,3)35-27(32)30-23(26(29)31)16-22-14-15-24(33-18-20-10-6-4-7-11-20)25(17-22)34-19-21-12-8-5-9-13-21;1-28(2,3)35-27(32)29-23(26(30)31)16-22-14-15-24(33-18-20-10-6-4-7-11-20)25(17-22)34-19-21-12-8-5-9-13-21/h4-15,17,23H,16,18-19H2,1-3H3,(H2,29,31)(H,30,32);4-15,17,23H,16,18-19H2,1-3H3,(H,29,32)(H,30,31)/t2*23-/m00/s1. The van der Waals surface area contributed by atoms with Gasteiger partial charge in [-0.05, 0) is 99.2 Å².